The molecule has 7 heteroatoms. The molecule has 0 aliphatic heterocycles. The number of rotatable bonds is 8. The van der Waals surface area contributed by atoms with Crippen LogP contribution in [0, 0.1) is 0 Å². The lowest BCUT2D eigenvalue weighted by Gasteiger charge is -2.13. The second-order valence-corrected chi connectivity index (χ2v) is 7.00. The lowest BCUT2D eigenvalue weighted by atomic mass is 10.3. The van der Waals surface area contributed by atoms with Crippen LogP contribution in [0.2, 0.25) is 0 Å². The maximum absolute atomic E-state index is 12.0. The molecule has 0 fully saturated rings. The van der Waals surface area contributed by atoms with E-state index in [0.29, 0.717) is 11.5 Å². The Morgan fingerprint density at radius 2 is 1.81 bits per heavy atom. The van der Waals surface area contributed by atoms with Crippen molar-refractivity contribution in [2.45, 2.75) is 18.6 Å². The van der Waals surface area contributed by atoms with E-state index in [4.69, 9.17) is 9.47 Å². The normalized spacial score (nSPS) is 12.5. The Balaban J connectivity index is 2.56. The number of benzene rings is 1. The molecule has 1 aromatic carbocycles. The highest BCUT2D eigenvalue weighted by molar-refractivity contribution is 7.92. The molecule has 1 atom stereocenters. The van der Waals surface area contributed by atoms with Crippen molar-refractivity contribution in [1.29, 1.82) is 0 Å². The van der Waals surface area contributed by atoms with Crippen LogP contribution in [0.5, 0.6) is 11.5 Å². The van der Waals surface area contributed by atoms with Gasteiger partial charge >= 0.3 is 5.97 Å². The summed E-state index contributed by atoms with van der Waals surface area (Å²) in [5.41, 5.74) is 0. The highest BCUT2D eigenvalue weighted by Crippen LogP contribution is 2.25. The zero-order valence-electron chi connectivity index (χ0n) is 12.4. The summed E-state index contributed by atoms with van der Waals surface area (Å²) in [4.78, 5) is 11.1. The summed E-state index contributed by atoms with van der Waals surface area (Å²) >= 11 is 0. The third kappa shape index (κ3) is 5.26. The third-order valence-corrected chi connectivity index (χ3v) is 5.12. The number of methoxy groups -OCH3 is 2. The minimum atomic E-state index is -3.42. The standard InChI is InChI=1S/C14H20O6S/c1-11(10-14(15)19-3)21(16,17)9-8-20-13-7-5-4-6-12(13)18-2/h4-7,11H,8-10H2,1-3H3. The van der Waals surface area contributed by atoms with E-state index < -0.39 is 21.1 Å². The topological polar surface area (TPSA) is 78.9 Å². The molecule has 0 radical (unpaired) electrons. The summed E-state index contributed by atoms with van der Waals surface area (Å²) in [6, 6.07) is 6.99. The fourth-order valence-electron chi connectivity index (χ4n) is 1.65. The van der Waals surface area contributed by atoms with Gasteiger partial charge in [0.05, 0.1) is 31.6 Å². The average Bonchev–Trinajstić information content (AvgIpc) is 2.47. The SMILES string of the molecule is COC(=O)CC(C)S(=O)(=O)CCOc1ccccc1OC. The molecule has 1 aromatic rings. The maximum atomic E-state index is 12.0. The Kier molecular flexibility index (Phi) is 6.48. The van der Waals surface area contributed by atoms with E-state index in [0.717, 1.165) is 0 Å². The van der Waals surface area contributed by atoms with E-state index in [1.807, 2.05) is 0 Å². The van der Waals surface area contributed by atoms with E-state index in [1.54, 1.807) is 24.3 Å². The van der Waals surface area contributed by atoms with Crippen LogP contribution in [-0.2, 0) is 19.4 Å². The Bertz CT molecular complexity index is 567. The van der Waals surface area contributed by atoms with Gasteiger partial charge in [0.15, 0.2) is 21.3 Å². The van der Waals surface area contributed by atoms with Crippen LogP contribution in [0.1, 0.15) is 13.3 Å². The predicted molar refractivity (Wildman–Crippen MR) is 78.4 cm³/mol. The van der Waals surface area contributed by atoms with Crippen molar-refractivity contribution in [2.75, 3.05) is 26.6 Å². The van der Waals surface area contributed by atoms with Gasteiger partial charge in [0, 0.05) is 0 Å². The monoisotopic (exact) mass is 316 g/mol. The predicted octanol–water partition coefficient (Wildman–Crippen LogP) is 1.44. The molecule has 0 amide bonds. The van der Waals surface area contributed by atoms with Gasteiger partial charge in [-0.15, -0.1) is 0 Å². The van der Waals surface area contributed by atoms with Crippen LogP contribution in [0.4, 0.5) is 0 Å². The van der Waals surface area contributed by atoms with Gasteiger partial charge in [0.2, 0.25) is 0 Å². The van der Waals surface area contributed by atoms with Crippen molar-refractivity contribution in [3.8, 4) is 11.5 Å². The number of sulfone groups is 1. The lowest BCUT2D eigenvalue weighted by molar-refractivity contribution is -0.140. The average molecular weight is 316 g/mol. The van der Waals surface area contributed by atoms with Gasteiger partial charge in [-0.25, -0.2) is 8.42 Å². The second kappa shape index (κ2) is 7.87. The van der Waals surface area contributed by atoms with Crippen molar-refractivity contribution < 1.29 is 27.4 Å². The maximum Gasteiger partial charge on any atom is 0.306 e. The van der Waals surface area contributed by atoms with Gasteiger partial charge in [-0.3, -0.25) is 4.79 Å². The quantitative estimate of drug-likeness (QED) is 0.675. The second-order valence-electron chi connectivity index (χ2n) is 4.46. The van der Waals surface area contributed by atoms with Gasteiger partial charge in [-0.05, 0) is 19.1 Å². The Labute approximate surface area is 124 Å². The lowest BCUT2D eigenvalue weighted by Crippen LogP contribution is -2.27. The molecule has 0 bridgehead atoms. The number of para-hydroxylation sites is 2. The molecule has 0 saturated heterocycles. The third-order valence-electron chi connectivity index (χ3n) is 2.99. The Hall–Kier alpha value is -1.76. The van der Waals surface area contributed by atoms with Crippen LogP contribution < -0.4 is 9.47 Å². The molecule has 0 spiro atoms. The van der Waals surface area contributed by atoms with Gasteiger partial charge < -0.3 is 14.2 Å². The number of carbonyl (C=O) groups is 1. The summed E-state index contributed by atoms with van der Waals surface area (Å²) in [5, 5.41) is -0.800. The van der Waals surface area contributed by atoms with Crippen molar-refractivity contribution >= 4 is 15.8 Å². The van der Waals surface area contributed by atoms with E-state index >= 15 is 0 Å². The van der Waals surface area contributed by atoms with Crippen molar-refractivity contribution in [3.63, 3.8) is 0 Å². The number of esters is 1. The molecule has 0 aliphatic rings. The summed E-state index contributed by atoms with van der Waals surface area (Å²) in [6.45, 7) is 1.48. The summed E-state index contributed by atoms with van der Waals surface area (Å²) < 4.78 is 39.0. The fraction of sp³-hybridized carbons (Fsp3) is 0.500. The van der Waals surface area contributed by atoms with E-state index in [1.165, 1.54) is 21.1 Å². The fourth-order valence-corrected chi connectivity index (χ4v) is 2.76. The molecule has 0 aromatic heterocycles. The first kappa shape index (κ1) is 17.3. The zero-order valence-corrected chi connectivity index (χ0v) is 13.2. The van der Waals surface area contributed by atoms with Crippen LogP contribution in [-0.4, -0.2) is 46.2 Å². The van der Waals surface area contributed by atoms with Crippen molar-refractivity contribution in [1.82, 2.24) is 0 Å². The van der Waals surface area contributed by atoms with Gasteiger partial charge in [0.1, 0.15) is 6.61 Å². The first-order chi connectivity index (χ1) is 9.90. The highest BCUT2D eigenvalue weighted by atomic mass is 32.2. The van der Waals surface area contributed by atoms with Crippen LogP contribution in [0.3, 0.4) is 0 Å². The van der Waals surface area contributed by atoms with Crippen LogP contribution in [0.15, 0.2) is 24.3 Å². The molecule has 0 saturated carbocycles. The highest BCUT2D eigenvalue weighted by Gasteiger charge is 2.24. The molecule has 118 valence electrons. The molecule has 1 unspecified atom stereocenters. The molecule has 0 aliphatic carbocycles. The molecular formula is C14H20O6S. The molecular weight excluding hydrogens is 296 g/mol. The molecule has 0 N–H and O–H groups in total. The van der Waals surface area contributed by atoms with Crippen LogP contribution in [0.25, 0.3) is 0 Å². The smallest absolute Gasteiger partial charge is 0.306 e. The van der Waals surface area contributed by atoms with Gasteiger partial charge in [0.25, 0.3) is 0 Å². The van der Waals surface area contributed by atoms with Crippen LogP contribution >= 0.6 is 0 Å². The van der Waals surface area contributed by atoms with E-state index in [9.17, 15) is 13.2 Å². The molecule has 1 rings (SSSR count). The minimum absolute atomic E-state index is 0.00573. The number of carbonyl (C=O) groups excluding carboxylic acids is 1. The first-order valence-corrected chi connectivity index (χ1v) is 8.16. The molecule has 0 heterocycles. The minimum Gasteiger partial charge on any atom is -0.493 e. The summed E-state index contributed by atoms with van der Waals surface area (Å²) in [6.07, 6.45) is -0.159. The largest absolute Gasteiger partial charge is 0.493 e. The Morgan fingerprint density at radius 3 is 2.38 bits per heavy atom. The summed E-state index contributed by atoms with van der Waals surface area (Å²) in [5.74, 6) is 0.300. The van der Waals surface area contributed by atoms with Crippen molar-refractivity contribution in [2.24, 2.45) is 0 Å². The van der Waals surface area contributed by atoms with Gasteiger partial charge in [-0.2, -0.15) is 0 Å². The number of ether oxygens (including phenoxy) is 3. The Morgan fingerprint density at radius 1 is 1.19 bits per heavy atom. The molecule has 6 nitrogen and oxygen atoms in total. The van der Waals surface area contributed by atoms with E-state index in [2.05, 4.69) is 4.74 Å². The molecule has 21 heavy (non-hydrogen) atoms. The van der Waals surface area contributed by atoms with E-state index in [-0.39, 0.29) is 18.8 Å². The zero-order chi connectivity index (χ0) is 15.9. The number of hydrogen-bond donors (Lipinski definition) is 0. The van der Waals surface area contributed by atoms with Gasteiger partial charge in [-0.1, -0.05) is 12.1 Å². The van der Waals surface area contributed by atoms with Crippen molar-refractivity contribution in [3.05, 3.63) is 24.3 Å². The number of hydrogen-bond acceptors (Lipinski definition) is 6. The summed E-state index contributed by atoms with van der Waals surface area (Å²) in [7, 11) is -0.682. The first-order valence-electron chi connectivity index (χ1n) is 6.45.